The lowest BCUT2D eigenvalue weighted by Gasteiger charge is -2.42. The van der Waals surface area contributed by atoms with Crippen LogP contribution in [0.3, 0.4) is 0 Å². The minimum Gasteiger partial charge on any atom is -0.595 e. The van der Waals surface area contributed by atoms with Crippen LogP contribution in [0.1, 0.15) is 23.6 Å². The highest BCUT2D eigenvalue weighted by Crippen LogP contribution is 2.35. The topological polar surface area (TPSA) is 73.0 Å². The molecule has 0 spiro atoms. The second kappa shape index (κ2) is 6.14. The maximum atomic E-state index is 12.1. The molecule has 0 aliphatic carbocycles. The lowest BCUT2D eigenvalue weighted by atomic mass is 9.83. The number of nitrogens with zero attached hydrogens (tertiary/aromatic N) is 2. The molecule has 1 aromatic heterocycles. The minimum absolute atomic E-state index is 0.111. The molecule has 3 heterocycles. The summed E-state index contributed by atoms with van der Waals surface area (Å²) in [6, 6.07) is 12.7. The van der Waals surface area contributed by atoms with E-state index in [0.29, 0.717) is 17.5 Å². The van der Waals surface area contributed by atoms with Crippen molar-refractivity contribution in [3.8, 4) is 0 Å². The Morgan fingerprint density at radius 1 is 1.12 bits per heavy atom. The summed E-state index contributed by atoms with van der Waals surface area (Å²) in [5, 5.41) is 19.0. The summed E-state index contributed by atoms with van der Waals surface area (Å²) in [6.45, 7) is 3.56. The van der Waals surface area contributed by atoms with Gasteiger partial charge in [0.25, 0.3) is 5.56 Å². The summed E-state index contributed by atoms with van der Waals surface area (Å²) in [5.41, 5.74) is 2.72. The van der Waals surface area contributed by atoms with Crippen LogP contribution in [0.4, 0.5) is 5.69 Å². The van der Waals surface area contributed by atoms with E-state index in [2.05, 4.69) is 11.0 Å². The Morgan fingerprint density at radius 2 is 1.92 bits per heavy atom. The lowest BCUT2D eigenvalue weighted by Crippen LogP contribution is -2.99. The molecule has 1 aromatic carbocycles. The Hall–Kier alpha value is -1.99. The number of nitrogens with one attached hydrogen (secondary N) is 1. The van der Waals surface area contributed by atoms with Gasteiger partial charge in [-0.3, -0.25) is 9.69 Å². The van der Waals surface area contributed by atoms with Crippen LogP contribution in [-0.2, 0) is 13.1 Å². The predicted octanol–water partition coefficient (Wildman–Crippen LogP) is 0.871. The van der Waals surface area contributed by atoms with Gasteiger partial charge in [-0.1, -0.05) is 18.2 Å². The third-order valence-electron chi connectivity index (χ3n) is 5.16. The highest BCUT2D eigenvalue weighted by atomic mass is 16.8. The zero-order chi connectivity index (χ0) is 16.7. The number of likely N-dealkylation sites (tertiary alicyclic amines) is 1. The van der Waals surface area contributed by atoms with Gasteiger partial charge in [0.15, 0.2) is 5.69 Å². The first-order valence-electron chi connectivity index (χ1n) is 8.34. The van der Waals surface area contributed by atoms with E-state index in [4.69, 9.17) is 5.21 Å². The maximum Gasteiger partial charge on any atom is 0.250 e. The highest BCUT2D eigenvalue weighted by molar-refractivity contribution is 5.32. The molecule has 0 saturated carbocycles. The van der Waals surface area contributed by atoms with E-state index in [9.17, 15) is 10.0 Å². The minimum atomic E-state index is -0.892. The monoisotopic (exact) mass is 327 g/mol. The Kier molecular flexibility index (Phi) is 3.97. The number of fused-ring (bicyclic) bond motifs is 4. The Bertz CT molecular complexity index is 785. The average molecular weight is 327 g/mol. The van der Waals surface area contributed by atoms with Crippen LogP contribution in [0.25, 0.3) is 0 Å². The van der Waals surface area contributed by atoms with E-state index >= 15 is 0 Å². The Labute approximate surface area is 140 Å². The quantitative estimate of drug-likeness (QED) is 0.821. The molecule has 3 atom stereocenters. The van der Waals surface area contributed by atoms with Gasteiger partial charge in [-0.05, 0) is 24.0 Å². The van der Waals surface area contributed by atoms with E-state index in [-0.39, 0.29) is 5.56 Å². The number of quaternary nitrogens is 1. The number of piperidine rings is 1. The summed E-state index contributed by atoms with van der Waals surface area (Å²) in [7, 11) is 0. The van der Waals surface area contributed by atoms with E-state index in [1.165, 1.54) is 0 Å². The fourth-order valence-corrected chi connectivity index (χ4v) is 4.14. The third kappa shape index (κ3) is 2.89. The molecule has 4 rings (SSSR count). The van der Waals surface area contributed by atoms with Gasteiger partial charge in [-0.2, -0.15) is 5.23 Å². The molecule has 1 saturated heterocycles. The zero-order valence-corrected chi connectivity index (χ0v) is 13.4. The first-order chi connectivity index (χ1) is 11.6. The van der Waals surface area contributed by atoms with Crippen molar-refractivity contribution in [2.75, 3.05) is 13.1 Å². The fraction of sp³-hybridized carbons (Fsp3) is 0.389. The number of rotatable bonds is 3. The Balaban J connectivity index is 1.51. The van der Waals surface area contributed by atoms with Gasteiger partial charge >= 0.3 is 0 Å². The van der Waals surface area contributed by atoms with Crippen LogP contribution in [0.5, 0.6) is 0 Å². The van der Waals surface area contributed by atoms with Crippen molar-refractivity contribution in [3.05, 3.63) is 69.3 Å². The predicted molar refractivity (Wildman–Crippen MR) is 89.0 cm³/mol. The van der Waals surface area contributed by atoms with Gasteiger partial charge in [-0.25, -0.2) is 5.21 Å². The largest absolute Gasteiger partial charge is 0.595 e. The van der Waals surface area contributed by atoms with Gasteiger partial charge in [0.2, 0.25) is 0 Å². The van der Waals surface area contributed by atoms with Crippen molar-refractivity contribution in [1.82, 2.24) is 9.47 Å². The van der Waals surface area contributed by atoms with Crippen molar-refractivity contribution in [2.24, 2.45) is 5.92 Å². The third-order valence-corrected chi connectivity index (χ3v) is 5.16. The second-order valence-corrected chi connectivity index (χ2v) is 6.89. The second-order valence-electron chi connectivity index (χ2n) is 6.89. The standard InChI is InChI=1S/C18H21N3O3/c22-18-3-1-2-17-15-8-14(11-20(17)18)10-19(12-15)9-13-4-6-16(7-5-13)21(23)24/h1-7,14-15,21,23H,8-12H2/t14-,15+/m1/s1. The van der Waals surface area contributed by atoms with Crippen LogP contribution in [0.15, 0.2) is 47.3 Å². The van der Waals surface area contributed by atoms with Crippen molar-refractivity contribution < 1.29 is 10.4 Å². The van der Waals surface area contributed by atoms with Gasteiger partial charge in [0.05, 0.1) is 0 Å². The smallest absolute Gasteiger partial charge is 0.250 e. The summed E-state index contributed by atoms with van der Waals surface area (Å²) >= 11 is 0. The van der Waals surface area contributed by atoms with Crippen LogP contribution in [0, 0.1) is 11.1 Å². The molecular weight excluding hydrogens is 306 g/mol. The van der Waals surface area contributed by atoms with Crippen molar-refractivity contribution in [2.45, 2.75) is 25.4 Å². The lowest BCUT2D eigenvalue weighted by molar-refractivity contribution is -0.991. The molecule has 126 valence electrons. The molecule has 6 heteroatoms. The van der Waals surface area contributed by atoms with Crippen LogP contribution < -0.4 is 10.8 Å². The Morgan fingerprint density at radius 3 is 2.67 bits per heavy atom. The van der Waals surface area contributed by atoms with E-state index < -0.39 is 5.23 Å². The van der Waals surface area contributed by atoms with Gasteiger partial charge in [0, 0.05) is 56.0 Å². The van der Waals surface area contributed by atoms with E-state index in [1.54, 1.807) is 18.2 Å². The average Bonchev–Trinajstić information content (AvgIpc) is 2.56. The SMILES string of the molecule is O=c1cccc2n1C[C@@H]1C[C@H]2CN(Cc2ccc([NH+]([O-])O)cc2)C1. The summed E-state index contributed by atoms with van der Waals surface area (Å²) in [4.78, 5) is 14.5. The van der Waals surface area contributed by atoms with E-state index in [1.807, 2.05) is 22.8 Å². The number of pyridine rings is 1. The molecule has 0 amide bonds. The molecule has 2 N–H and O–H groups in total. The number of hydrogen-bond donors (Lipinski definition) is 2. The zero-order valence-electron chi connectivity index (χ0n) is 13.4. The normalized spacial score (nSPS) is 24.4. The molecule has 1 unspecified atom stereocenters. The van der Waals surface area contributed by atoms with E-state index in [0.717, 1.165) is 43.9 Å². The molecule has 2 aliphatic rings. The molecular formula is C18H21N3O3. The van der Waals surface area contributed by atoms with Crippen molar-refractivity contribution >= 4 is 5.69 Å². The molecule has 6 nitrogen and oxygen atoms in total. The van der Waals surface area contributed by atoms with Gasteiger partial charge in [0.1, 0.15) is 0 Å². The highest BCUT2D eigenvalue weighted by Gasteiger charge is 2.34. The molecule has 2 aromatic rings. The van der Waals surface area contributed by atoms with Crippen molar-refractivity contribution in [3.63, 3.8) is 0 Å². The molecule has 2 aliphatic heterocycles. The van der Waals surface area contributed by atoms with Crippen LogP contribution >= 0.6 is 0 Å². The summed E-state index contributed by atoms with van der Waals surface area (Å²) < 4.78 is 1.94. The molecule has 2 bridgehead atoms. The number of hydrogen-bond acceptors (Lipinski definition) is 4. The molecule has 1 fully saturated rings. The van der Waals surface area contributed by atoms with Crippen molar-refractivity contribution in [1.29, 1.82) is 0 Å². The molecule has 0 radical (unpaired) electrons. The first-order valence-corrected chi connectivity index (χ1v) is 8.34. The maximum absolute atomic E-state index is 12.1. The molecule has 24 heavy (non-hydrogen) atoms. The van der Waals surface area contributed by atoms with Crippen LogP contribution in [0.2, 0.25) is 0 Å². The number of aromatic nitrogens is 1. The fourth-order valence-electron chi connectivity index (χ4n) is 4.14. The summed E-state index contributed by atoms with van der Waals surface area (Å²) in [6.07, 6.45) is 1.15. The van der Waals surface area contributed by atoms with Gasteiger partial charge in [-0.15, -0.1) is 0 Å². The summed E-state index contributed by atoms with van der Waals surface area (Å²) in [5.74, 6) is 0.916. The van der Waals surface area contributed by atoms with Gasteiger partial charge < -0.3 is 9.77 Å². The van der Waals surface area contributed by atoms with Crippen LogP contribution in [-0.4, -0.2) is 27.8 Å². The number of benzene rings is 1. The first kappa shape index (κ1) is 15.5.